The topological polar surface area (TPSA) is 37.0 Å². The molecule has 1 aromatic heterocycles. The summed E-state index contributed by atoms with van der Waals surface area (Å²) >= 11 is 1.73. The minimum atomic E-state index is 0.356. The normalized spacial score (nSPS) is 15.4. The Bertz CT molecular complexity index is 551. The molecule has 0 amide bonds. The van der Waals surface area contributed by atoms with Crippen LogP contribution in [-0.2, 0) is 13.0 Å². The molecule has 2 aromatic rings. The summed E-state index contributed by atoms with van der Waals surface area (Å²) < 4.78 is 0. The number of nitrogens with one attached hydrogen (secondary N) is 2. The molecule has 0 saturated heterocycles. The minimum absolute atomic E-state index is 0.356. The third-order valence-corrected chi connectivity index (χ3v) is 4.75. The third-order valence-electron chi connectivity index (χ3n) is 3.86. The van der Waals surface area contributed by atoms with Gasteiger partial charge in [-0.05, 0) is 30.4 Å². The van der Waals surface area contributed by atoms with Crippen molar-refractivity contribution in [2.45, 2.75) is 38.8 Å². The summed E-state index contributed by atoms with van der Waals surface area (Å²) in [4.78, 5) is 4.43. The molecule has 2 heterocycles. The molecule has 1 aliphatic heterocycles. The summed E-state index contributed by atoms with van der Waals surface area (Å²) in [5, 5.41) is 10.4. The molecule has 0 bridgehead atoms. The van der Waals surface area contributed by atoms with E-state index in [1.54, 1.807) is 11.3 Å². The van der Waals surface area contributed by atoms with E-state index in [0.29, 0.717) is 6.04 Å². The number of hydrogen-bond acceptors (Lipinski definition) is 4. The van der Waals surface area contributed by atoms with Crippen molar-refractivity contribution in [3.8, 4) is 0 Å². The molecule has 1 aliphatic rings. The van der Waals surface area contributed by atoms with Gasteiger partial charge in [0.1, 0.15) is 5.01 Å². The smallest absolute Gasteiger partial charge is 0.109 e. The van der Waals surface area contributed by atoms with Crippen LogP contribution >= 0.6 is 11.3 Å². The Morgan fingerprint density at radius 1 is 1.45 bits per heavy atom. The maximum atomic E-state index is 4.43. The molecule has 1 atom stereocenters. The Labute approximate surface area is 124 Å². The summed E-state index contributed by atoms with van der Waals surface area (Å²) in [5.41, 5.74) is 4.18. The average Bonchev–Trinajstić information content (AvgIpc) is 3.02. The molecular weight excluding hydrogens is 266 g/mol. The first-order chi connectivity index (χ1) is 9.88. The van der Waals surface area contributed by atoms with Crippen molar-refractivity contribution in [2.75, 3.05) is 11.9 Å². The van der Waals surface area contributed by atoms with Crippen LogP contribution in [0.3, 0.4) is 0 Å². The molecule has 1 unspecified atom stereocenters. The summed E-state index contributed by atoms with van der Waals surface area (Å²) in [6, 6.07) is 6.99. The van der Waals surface area contributed by atoms with Gasteiger partial charge >= 0.3 is 0 Å². The van der Waals surface area contributed by atoms with Crippen LogP contribution in [-0.4, -0.2) is 11.5 Å². The van der Waals surface area contributed by atoms with Crippen LogP contribution in [0.5, 0.6) is 0 Å². The van der Waals surface area contributed by atoms with E-state index in [4.69, 9.17) is 0 Å². The van der Waals surface area contributed by atoms with Crippen molar-refractivity contribution in [3.05, 3.63) is 45.9 Å². The lowest BCUT2D eigenvalue weighted by molar-refractivity contribution is 0.516. The monoisotopic (exact) mass is 287 g/mol. The number of thiazole rings is 1. The summed E-state index contributed by atoms with van der Waals surface area (Å²) in [6.07, 6.45) is 5.38. The van der Waals surface area contributed by atoms with E-state index in [1.165, 1.54) is 34.7 Å². The minimum Gasteiger partial charge on any atom is -0.385 e. The first kappa shape index (κ1) is 13.6. The Morgan fingerprint density at radius 3 is 3.20 bits per heavy atom. The summed E-state index contributed by atoms with van der Waals surface area (Å²) in [7, 11) is 0. The first-order valence-electron chi connectivity index (χ1n) is 7.36. The average molecular weight is 287 g/mol. The predicted molar refractivity (Wildman–Crippen MR) is 85.2 cm³/mol. The van der Waals surface area contributed by atoms with Crippen LogP contribution in [0.15, 0.2) is 29.8 Å². The zero-order valence-electron chi connectivity index (χ0n) is 11.9. The number of rotatable bonds is 5. The van der Waals surface area contributed by atoms with Crippen molar-refractivity contribution in [1.29, 1.82) is 0 Å². The zero-order chi connectivity index (χ0) is 13.8. The molecule has 0 fully saturated rings. The van der Waals surface area contributed by atoms with Crippen LogP contribution in [0.2, 0.25) is 0 Å². The highest BCUT2D eigenvalue weighted by atomic mass is 32.1. The third kappa shape index (κ3) is 2.86. The fourth-order valence-electron chi connectivity index (χ4n) is 2.77. The van der Waals surface area contributed by atoms with E-state index in [0.717, 1.165) is 19.5 Å². The van der Waals surface area contributed by atoms with E-state index in [2.05, 4.69) is 40.7 Å². The van der Waals surface area contributed by atoms with E-state index in [-0.39, 0.29) is 0 Å². The molecule has 3 nitrogen and oxygen atoms in total. The van der Waals surface area contributed by atoms with Gasteiger partial charge in [-0.2, -0.15) is 0 Å². The van der Waals surface area contributed by atoms with E-state index < -0.39 is 0 Å². The molecule has 20 heavy (non-hydrogen) atoms. The van der Waals surface area contributed by atoms with Gasteiger partial charge in [-0.1, -0.05) is 25.1 Å². The van der Waals surface area contributed by atoms with Gasteiger partial charge in [0.15, 0.2) is 0 Å². The van der Waals surface area contributed by atoms with Crippen molar-refractivity contribution >= 4 is 17.0 Å². The molecule has 0 aliphatic carbocycles. The molecule has 0 spiro atoms. The molecule has 4 heteroatoms. The van der Waals surface area contributed by atoms with Gasteiger partial charge in [0.05, 0.1) is 6.04 Å². The fraction of sp³-hybridized carbons (Fsp3) is 0.438. The Kier molecular flexibility index (Phi) is 4.33. The fourth-order valence-corrected chi connectivity index (χ4v) is 3.57. The molecule has 1 aromatic carbocycles. The molecule has 3 rings (SSSR count). The highest BCUT2D eigenvalue weighted by Crippen LogP contribution is 2.27. The van der Waals surface area contributed by atoms with Gasteiger partial charge in [-0.15, -0.1) is 11.3 Å². The van der Waals surface area contributed by atoms with Crippen LogP contribution in [0.4, 0.5) is 5.69 Å². The summed E-state index contributed by atoms with van der Waals surface area (Å²) in [6.45, 7) is 4.19. The lowest BCUT2D eigenvalue weighted by atomic mass is 9.99. The maximum absolute atomic E-state index is 4.43. The van der Waals surface area contributed by atoms with Crippen LogP contribution in [0.25, 0.3) is 0 Å². The second kappa shape index (κ2) is 6.37. The van der Waals surface area contributed by atoms with Gasteiger partial charge < -0.3 is 10.6 Å². The largest absolute Gasteiger partial charge is 0.385 e. The van der Waals surface area contributed by atoms with Crippen molar-refractivity contribution in [2.24, 2.45) is 0 Å². The number of aryl methyl sites for hydroxylation is 1. The number of fused-ring (bicyclic) bond motifs is 1. The lowest BCUT2D eigenvalue weighted by Gasteiger charge is -2.22. The Balaban J connectivity index is 1.72. The van der Waals surface area contributed by atoms with Crippen molar-refractivity contribution in [3.63, 3.8) is 0 Å². The highest BCUT2D eigenvalue weighted by Gasteiger charge is 2.15. The van der Waals surface area contributed by atoms with Crippen molar-refractivity contribution in [1.82, 2.24) is 10.3 Å². The van der Waals surface area contributed by atoms with Crippen LogP contribution in [0, 0.1) is 0 Å². The van der Waals surface area contributed by atoms with Gasteiger partial charge in [-0.3, -0.25) is 0 Å². The van der Waals surface area contributed by atoms with Crippen LogP contribution in [0.1, 0.15) is 41.9 Å². The number of benzene rings is 1. The van der Waals surface area contributed by atoms with E-state index in [9.17, 15) is 0 Å². The maximum Gasteiger partial charge on any atom is 0.109 e. The van der Waals surface area contributed by atoms with Gasteiger partial charge in [0.25, 0.3) is 0 Å². The van der Waals surface area contributed by atoms with E-state index >= 15 is 0 Å². The number of para-hydroxylation sites is 1. The predicted octanol–water partition coefficient (Wildman–Crippen LogP) is 3.74. The standard InChI is InChI=1S/C16H21N3S/c1-2-14(16-18-9-10-20-16)19-11-13-6-3-5-12-7-4-8-17-15(12)13/h3,5-6,9-10,14,17,19H,2,4,7-8,11H2,1H3. The first-order valence-corrected chi connectivity index (χ1v) is 8.24. The van der Waals surface area contributed by atoms with Gasteiger partial charge in [0.2, 0.25) is 0 Å². The van der Waals surface area contributed by atoms with Crippen LogP contribution < -0.4 is 10.6 Å². The number of anilines is 1. The molecular formula is C16H21N3S. The molecule has 0 saturated carbocycles. The summed E-state index contributed by atoms with van der Waals surface area (Å²) in [5.74, 6) is 0. The van der Waals surface area contributed by atoms with E-state index in [1.807, 2.05) is 11.6 Å². The number of hydrogen-bond donors (Lipinski definition) is 2. The van der Waals surface area contributed by atoms with Crippen molar-refractivity contribution < 1.29 is 0 Å². The second-order valence-electron chi connectivity index (χ2n) is 5.19. The lowest BCUT2D eigenvalue weighted by Crippen LogP contribution is -2.22. The molecule has 106 valence electrons. The Hall–Kier alpha value is -1.39. The number of aromatic nitrogens is 1. The SMILES string of the molecule is CCC(NCc1cccc2c1NCCC2)c1nccs1. The van der Waals surface area contributed by atoms with Gasteiger partial charge in [0, 0.05) is 30.4 Å². The molecule has 0 radical (unpaired) electrons. The number of nitrogens with zero attached hydrogens (tertiary/aromatic N) is 1. The zero-order valence-corrected chi connectivity index (χ0v) is 12.7. The second-order valence-corrected chi connectivity index (χ2v) is 6.12. The quantitative estimate of drug-likeness (QED) is 0.879. The molecule has 2 N–H and O–H groups in total. The Morgan fingerprint density at radius 2 is 2.40 bits per heavy atom. The highest BCUT2D eigenvalue weighted by molar-refractivity contribution is 7.09. The van der Waals surface area contributed by atoms with Gasteiger partial charge in [-0.25, -0.2) is 4.98 Å².